The van der Waals surface area contributed by atoms with Gasteiger partial charge < -0.3 is 15.6 Å². The van der Waals surface area contributed by atoms with Crippen LogP contribution in [0.3, 0.4) is 0 Å². The number of aliphatic hydroxyl groups is 1. The summed E-state index contributed by atoms with van der Waals surface area (Å²) in [5.74, 6) is 0.836. The third kappa shape index (κ3) is 4.49. The Morgan fingerprint density at radius 2 is 2.13 bits per heavy atom. The van der Waals surface area contributed by atoms with Crippen molar-refractivity contribution in [2.75, 3.05) is 26.9 Å². The molecule has 1 aliphatic carbocycles. The molecule has 0 aromatic rings. The molecular formula is C12H25NO2. The zero-order valence-corrected chi connectivity index (χ0v) is 9.87. The number of ether oxygens (including phenoxy) is 1. The Kier molecular flexibility index (Phi) is 5.58. The van der Waals surface area contributed by atoms with Gasteiger partial charge in [-0.05, 0) is 25.2 Å². The van der Waals surface area contributed by atoms with Crippen LogP contribution in [-0.2, 0) is 4.74 Å². The Morgan fingerprint density at radius 1 is 1.40 bits per heavy atom. The zero-order valence-electron chi connectivity index (χ0n) is 9.87. The highest BCUT2D eigenvalue weighted by Gasteiger charge is 2.35. The van der Waals surface area contributed by atoms with E-state index in [9.17, 15) is 5.11 Å². The van der Waals surface area contributed by atoms with Crippen molar-refractivity contribution in [3.05, 3.63) is 0 Å². The first-order chi connectivity index (χ1) is 7.26. The molecule has 0 radical (unpaired) electrons. The number of nitrogens with two attached hydrogens (primary N) is 1. The highest BCUT2D eigenvalue weighted by molar-refractivity contribution is 4.87. The lowest BCUT2D eigenvalue weighted by atomic mass is 9.79. The molecule has 15 heavy (non-hydrogen) atoms. The van der Waals surface area contributed by atoms with Gasteiger partial charge in [-0.15, -0.1) is 0 Å². The van der Waals surface area contributed by atoms with Gasteiger partial charge in [0.2, 0.25) is 0 Å². The van der Waals surface area contributed by atoms with Gasteiger partial charge in [0, 0.05) is 32.3 Å². The van der Waals surface area contributed by atoms with Crippen LogP contribution >= 0.6 is 0 Å². The Hall–Kier alpha value is -0.120. The standard InChI is InChI=1S/C12H25NO2/c1-15-7-3-2-6-12(9-13,10-14)8-11-4-5-11/h11,14H,2-10,13H2,1H3. The zero-order chi connectivity index (χ0) is 11.1. The van der Waals surface area contributed by atoms with Gasteiger partial charge in [0.1, 0.15) is 0 Å². The van der Waals surface area contributed by atoms with Crippen molar-refractivity contribution in [2.24, 2.45) is 17.1 Å². The van der Waals surface area contributed by atoms with Crippen LogP contribution in [0.2, 0.25) is 0 Å². The Bertz CT molecular complexity index is 165. The van der Waals surface area contributed by atoms with Gasteiger partial charge in [-0.3, -0.25) is 0 Å². The molecular weight excluding hydrogens is 190 g/mol. The van der Waals surface area contributed by atoms with E-state index in [0.717, 1.165) is 38.2 Å². The monoisotopic (exact) mass is 215 g/mol. The summed E-state index contributed by atoms with van der Waals surface area (Å²) in [6.07, 6.45) is 7.01. The number of unbranched alkanes of at least 4 members (excludes halogenated alkanes) is 1. The van der Waals surface area contributed by atoms with Crippen LogP contribution in [0.4, 0.5) is 0 Å². The van der Waals surface area contributed by atoms with Crippen LogP contribution in [0.25, 0.3) is 0 Å². The molecule has 3 nitrogen and oxygen atoms in total. The van der Waals surface area contributed by atoms with E-state index in [1.54, 1.807) is 7.11 Å². The maximum absolute atomic E-state index is 9.50. The number of aliphatic hydroxyl groups excluding tert-OH is 1. The summed E-state index contributed by atoms with van der Waals surface area (Å²) in [5.41, 5.74) is 5.81. The molecule has 0 aromatic heterocycles. The first-order valence-corrected chi connectivity index (χ1v) is 6.06. The third-order valence-corrected chi connectivity index (χ3v) is 3.49. The van der Waals surface area contributed by atoms with E-state index >= 15 is 0 Å². The smallest absolute Gasteiger partial charge is 0.0499 e. The van der Waals surface area contributed by atoms with Crippen molar-refractivity contribution in [2.45, 2.75) is 38.5 Å². The fourth-order valence-corrected chi connectivity index (χ4v) is 2.18. The number of methoxy groups -OCH3 is 1. The van der Waals surface area contributed by atoms with Crippen LogP contribution in [0.5, 0.6) is 0 Å². The molecule has 1 rings (SSSR count). The average Bonchev–Trinajstić information content (AvgIpc) is 3.06. The van der Waals surface area contributed by atoms with Gasteiger partial charge in [0.05, 0.1) is 0 Å². The summed E-state index contributed by atoms with van der Waals surface area (Å²) in [6, 6.07) is 0. The first kappa shape index (κ1) is 12.9. The van der Waals surface area contributed by atoms with Gasteiger partial charge in [0.25, 0.3) is 0 Å². The normalized spacial score (nSPS) is 20.2. The molecule has 90 valence electrons. The minimum absolute atomic E-state index is 0.00505. The lowest BCUT2D eigenvalue weighted by Gasteiger charge is -2.30. The minimum atomic E-state index is -0.00505. The molecule has 1 unspecified atom stereocenters. The second-order valence-corrected chi connectivity index (χ2v) is 4.96. The maximum atomic E-state index is 9.50. The average molecular weight is 215 g/mol. The molecule has 1 saturated carbocycles. The molecule has 0 bridgehead atoms. The Morgan fingerprint density at radius 3 is 2.60 bits per heavy atom. The number of hydrogen-bond acceptors (Lipinski definition) is 3. The minimum Gasteiger partial charge on any atom is -0.396 e. The molecule has 1 fully saturated rings. The molecule has 0 aromatic carbocycles. The van der Waals surface area contributed by atoms with Crippen LogP contribution < -0.4 is 5.73 Å². The van der Waals surface area contributed by atoms with Crippen LogP contribution in [0.15, 0.2) is 0 Å². The van der Waals surface area contributed by atoms with Crippen molar-refractivity contribution in [3.63, 3.8) is 0 Å². The van der Waals surface area contributed by atoms with Crippen molar-refractivity contribution >= 4 is 0 Å². The SMILES string of the molecule is COCCCCC(CN)(CO)CC1CC1. The molecule has 0 spiro atoms. The summed E-state index contributed by atoms with van der Waals surface area (Å²) >= 11 is 0. The molecule has 3 heteroatoms. The van der Waals surface area contributed by atoms with E-state index in [-0.39, 0.29) is 12.0 Å². The fraction of sp³-hybridized carbons (Fsp3) is 1.00. The van der Waals surface area contributed by atoms with E-state index in [1.807, 2.05) is 0 Å². The molecule has 0 heterocycles. The Labute approximate surface area is 93.0 Å². The fourth-order valence-electron chi connectivity index (χ4n) is 2.18. The van der Waals surface area contributed by atoms with Gasteiger partial charge in [-0.25, -0.2) is 0 Å². The van der Waals surface area contributed by atoms with Crippen molar-refractivity contribution < 1.29 is 9.84 Å². The van der Waals surface area contributed by atoms with E-state index in [2.05, 4.69) is 0 Å². The molecule has 0 aliphatic heterocycles. The molecule has 0 saturated heterocycles. The van der Waals surface area contributed by atoms with E-state index < -0.39 is 0 Å². The summed E-state index contributed by atoms with van der Waals surface area (Å²) in [4.78, 5) is 0. The second kappa shape index (κ2) is 6.46. The summed E-state index contributed by atoms with van der Waals surface area (Å²) in [6.45, 7) is 1.68. The molecule has 3 N–H and O–H groups in total. The van der Waals surface area contributed by atoms with Gasteiger partial charge in [-0.2, -0.15) is 0 Å². The van der Waals surface area contributed by atoms with E-state index in [0.29, 0.717) is 6.54 Å². The van der Waals surface area contributed by atoms with Crippen LogP contribution in [0.1, 0.15) is 38.5 Å². The number of hydrogen-bond donors (Lipinski definition) is 2. The topological polar surface area (TPSA) is 55.5 Å². The predicted molar refractivity (Wildman–Crippen MR) is 61.6 cm³/mol. The van der Waals surface area contributed by atoms with Crippen LogP contribution in [-0.4, -0.2) is 32.0 Å². The highest BCUT2D eigenvalue weighted by Crippen LogP contribution is 2.42. The lowest BCUT2D eigenvalue weighted by molar-refractivity contribution is 0.0990. The molecule has 0 amide bonds. The summed E-state index contributed by atoms with van der Waals surface area (Å²) in [7, 11) is 1.73. The summed E-state index contributed by atoms with van der Waals surface area (Å²) in [5, 5.41) is 9.50. The number of rotatable bonds is 9. The van der Waals surface area contributed by atoms with Gasteiger partial charge in [0.15, 0.2) is 0 Å². The van der Waals surface area contributed by atoms with E-state index in [4.69, 9.17) is 10.5 Å². The van der Waals surface area contributed by atoms with Crippen LogP contribution in [0, 0.1) is 11.3 Å². The van der Waals surface area contributed by atoms with Crippen molar-refractivity contribution in [1.82, 2.24) is 0 Å². The highest BCUT2D eigenvalue weighted by atomic mass is 16.5. The largest absolute Gasteiger partial charge is 0.396 e. The molecule has 1 aliphatic rings. The lowest BCUT2D eigenvalue weighted by Crippen LogP contribution is -2.35. The van der Waals surface area contributed by atoms with Crippen molar-refractivity contribution in [3.8, 4) is 0 Å². The third-order valence-electron chi connectivity index (χ3n) is 3.49. The van der Waals surface area contributed by atoms with E-state index in [1.165, 1.54) is 12.8 Å². The van der Waals surface area contributed by atoms with Gasteiger partial charge >= 0.3 is 0 Å². The maximum Gasteiger partial charge on any atom is 0.0499 e. The Balaban J connectivity index is 2.26. The second-order valence-electron chi connectivity index (χ2n) is 4.96. The molecule has 1 atom stereocenters. The summed E-state index contributed by atoms with van der Waals surface area (Å²) < 4.78 is 5.02. The van der Waals surface area contributed by atoms with Crippen molar-refractivity contribution in [1.29, 1.82) is 0 Å². The first-order valence-electron chi connectivity index (χ1n) is 6.06. The predicted octanol–water partition coefficient (Wildman–Crippen LogP) is 1.54. The van der Waals surface area contributed by atoms with Gasteiger partial charge in [-0.1, -0.05) is 19.3 Å². The quantitative estimate of drug-likeness (QED) is 0.574.